The number of rotatable bonds is 6. The second-order valence-electron chi connectivity index (χ2n) is 6.93. The second-order valence-corrected chi connectivity index (χ2v) is 6.93. The standard InChI is InChI=1S/C22H25N3O2/c1-15-5-7-19(8-6-15)14-25-21(9-10-23-25)24-22(26)18(4)27-20-12-16(2)11-17(3)13-20/h5-13,18H,14H2,1-4H3,(H,24,26)/t18-/m0/s1. The van der Waals surface area contributed by atoms with Gasteiger partial charge in [-0.25, -0.2) is 4.68 Å². The minimum absolute atomic E-state index is 0.209. The molecule has 0 saturated heterocycles. The third-order valence-corrected chi connectivity index (χ3v) is 4.30. The van der Waals surface area contributed by atoms with Crippen LogP contribution in [0.4, 0.5) is 5.82 Å². The normalized spacial score (nSPS) is 11.9. The van der Waals surface area contributed by atoms with Crippen LogP contribution in [0.25, 0.3) is 0 Å². The molecule has 1 atom stereocenters. The van der Waals surface area contributed by atoms with Gasteiger partial charge in [-0.3, -0.25) is 4.79 Å². The zero-order valence-corrected chi connectivity index (χ0v) is 16.2. The highest BCUT2D eigenvalue weighted by Crippen LogP contribution is 2.18. The van der Waals surface area contributed by atoms with Crippen LogP contribution in [0.2, 0.25) is 0 Å². The summed E-state index contributed by atoms with van der Waals surface area (Å²) >= 11 is 0. The molecule has 5 heteroatoms. The van der Waals surface area contributed by atoms with Gasteiger partial charge in [0, 0.05) is 6.07 Å². The fourth-order valence-corrected chi connectivity index (χ4v) is 2.92. The van der Waals surface area contributed by atoms with Crippen molar-refractivity contribution in [3.63, 3.8) is 0 Å². The first-order chi connectivity index (χ1) is 12.9. The molecular weight excluding hydrogens is 338 g/mol. The van der Waals surface area contributed by atoms with E-state index >= 15 is 0 Å². The van der Waals surface area contributed by atoms with Crippen molar-refractivity contribution in [3.05, 3.63) is 77.0 Å². The first-order valence-electron chi connectivity index (χ1n) is 9.04. The number of nitrogens with zero attached hydrogens (tertiary/aromatic N) is 2. The van der Waals surface area contributed by atoms with Crippen LogP contribution < -0.4 is 10.1 Å². The van der Waals surface area contributed by atoms with Crippen molar-refractivity contribution in [3.8, 4) is 5.75 Å². The summed E-state index contributed by atoms with van der Waals surface area (Å²) in [5, 5.41) is 7.22. The summed E-state index contributed by atoms with van der Waals surface area (Å²) in [4.78, 5) is 12.6. The summed E-state index contributed by atoms with van der Waals surface area (Å²) < 4.78 is 7.59. The Kier molecular flexibility index (Phi) is 5.60. The molecule has 0 aliphatic carbocycles. The van der Waals surface area contributed by atoms with Crippen LogP contribution in [0, 0.1) is 20.8 Å². The average molecular weight is 363 g/mol. The Morgan fingerprint density at radius 3 is 2.37 bits per heavy atom. The van der Waals surface area contributed by atoms with E-state index in [1.807, 2.05) is 26.0 Å². The average Bonchev–Trinajstić information content (AvgIpc) is 3.02. The van der Waals surface area contributed by atoms with Gasteiger partial charge in [-0.15, -0.1) is 0 Å². The highest BCUT2D eigenvalue weighted by Gasteiger charge is 2.17. The molecule has 0 saturated carbocycles. The molecule has 2 aromatic carbocycles. The van der Waals surface area contributed by atoms with E-state index in [0.717, 1.165) is 16.7 Å². The Labute approximate surface area is 160 Å². The van der Waals surface area contributed by atoms with E-state index in [9.17, 15) is 4.79 Å². The largest absolute Gasteiger partial charge is 0.481 e. The summed E-state index contributed by atoms with van der Waals surface area (Å²) in [5.41, 5.74) is 4.55. The van der Waals surface area contributed by atoms with Crippen LogP contribution in [0.5, 0.6) is 5.75 Å². The van der Waals surface area contributed by atoms with Crippen LogP contribution >= 0.6 is 0 Å². The van der Waals surface area contributed by atoms with Crippen LogP contribution in [-0.2, 0) is 11.3 Å². The van der Waals surface area contributed by atoms with Crippen molar-refractivity contribution < 1.29 is 9.53 Å². The molecule has 0 radical (unpaired) electrons. The van der Waals surface area contributed by atoms with E-state index in [2.05, 4.69) is 47.7 Å². The summed E-state index contributed by atoms with van der Waals surface area (Å²) in [6.07, 6.45) is 1.06. The highest BCUT2D eigenvalue weighted by molar-refractivity contribution is 5.93. The maximum absolute atomic E-state index is 12.6. The van der Waals surface area contributed by atoms with Crippen molar-refractivity contribution in [1.82, 2.24) is 9.78 Å². The van der Waals surface area contributed by atoms with Gasteiger partial charge in [-0.2, -0.15) is 5.10 Å². The smallest absolute Gasteiger partial charge is 0.266 e. The fraction of sp³-hybridized carbons (Fsp3) is 0.273. The zero-order valence-electron chi connectivity index (χ0n) is 16.2. The first-order valence-corrected chi connectivity index (χ1v) is 9.04. The summed E-state index contributed by atoms with van der Waals surface area (Å²) in [6.45, 7) is 8.41. The lowest BCUT2D eigenvalue weighted by atomic mass is 10.1. The minimum Gasteiger partial charge on any atom is -0.481 e. The number of aromatic nitrogens is 2. The van der Waals surface area contributed by atoms with Crippen LogP contribution in [0.1, 0.15) is 29.2 Å². The summed E-state index contributed by atoms with van der Waals surface area (Å²) in [7, 11) is 0. The molecule has 0 unspecified atom stereocenters. The Bertz CT molecular complexity index is 909. The predicted octanol–water partition coefficient (Wildman–Crippen LogP) is 4.26. The number of benzene rings is 2. The topological polar surface area (TPSA) is 56.2 Å². The van der Waals surface area contributed by atoms with Gasteiger partial charge in [0.2, 0.25) is 0 Å². The number of ether oxygens (including phenoxy) is 1. The van der Waals surface area contributed by atoms with E-state index < -0.39 is 6.10 Å². The maximum Gasteiger partial charge on any atom is 0.266 e. The lowest BCUT2D eigenvalue weighted by molar-refractivity contribution is -0.122. The van der Waals surface area contributed by atoms with Gasteiger partial charge in [0.05, 0.1) is 12.7 Å². The second kappa shape index (κ2) is 8.08. The maximum atomic E-state index is 12.6. The molecule has 1 amide bonds. The van der Waals surface area contributed by atoms with Gasteiger partial charge in [0.25, 0.3) is 5.91 Å². The van der Waals surface area contributed by atoms with E-state index in [4.69, 9.17) is 4.74 Å². The number of carbonyl (C=O) groups excluding carboxylic acids is 1. The molecule has 0 fully saturated rings. The third kappa shape index (κ3) is 4.97. The zero-order chi connectivity index (χ0) is 19.4. The monoisotopic (exact) mass is 363 g/mol. The number of hydrogen-bond donors (Lipinski definition) is 1. The molecular formula is C22H25N3O2. The highest BCUT2D eigenvalue weighted by atomic mass is 16.5. The van der Waals surface area contributed by atoms with Gasteiger partial charge in [-0.05, 0) is 56.5 Å². The number of hydrogen-bond acceptors (Lipinski definition) is 3. The first kappa shape index (κ1) is 18.7. The van der Waals surface area contributed by atoms with Gasteiger partial charge in [0.1, 0.15) is 11.6 Å². The predicted molar refractivity (Wildman–Crippen MR) is 107 cm³/mol. The van der Waals surface area contributed by atoms with E-state index in [0.29, 0.717) is 18.1 Å². The van der Waals surface area contributed by atoms with Crippen LogP contribution in [0.15, 0.2) is 54.7 Å². The van der Waals surface area contributed by atoms with Gasteiger partial charge in [-0.1, -0.05) is 35.9 Å². The Morgan fingerprint density at radius 1 is 1.04 bits per heavy atom. The van der Waals surface area contributed by atoms with Crippen LogP contribution in [0.3, 0.4) is 0 Å². The van der Waals surface area contributed by atoms with E-state index in [-0.39, 0.29) is 5.91 Å². The van der Waals surface area contributed by atoms with Crippen molar-refractivity contribution >= 4 is 11.7 Å². The van der Waals surface area contributed by atoms with Crippen molar-refractivity contribution in [2.75, 3.05) is 5.32 Å². The molecule has 3 aromatic rings. The molecule has 140 valence electrons. The lowest BCUT2D eigenvalue weighted by Crippen LogP contribution is -2.31. The van der Waals surface area contributed by atoms with E-state index in [1.165, 1.54) is 5.56 Å². The Balaban J connectivity index is 1.65. The van der Waals surface area contributed by atoms with Gasteiger partial charge < -0.3 is 10.1 Å². The molecule has 0 aliphatic heterocycles. The number of aryl methyl sites for hydroxylation is 3. The van der Waals surface area contributed by atoms with Crippen LogP contribution in [-0.4, -0.2) is 21.8 Å². The summed E-state index contributed by atoms with van der Waals surface area (Å²) in [5.74, 6) is 1.14. The number of nitrogens with one attached hydrogen (secondary N) is 1. The van der Waals surface area contributed by atoms with E-state index in [1.54, 1.807) is 23.9 Å². The van der Waals surface area contributed by atoms with Crippen molar-refractivity contribution in [2.45, 2.75) is 40.3 Å². The Hall–Kier alpha value is -3.08. The number of carbonyl (C=O) groups is 1. The molecule has 5 nitrogen and oxygen atoms in total. The fourth-order valence-electron chi connectivity index (χ4n) is 2.92. The molecule has 3 rings (SSSR count). The lowest BCUT2D eigenvalue weighted by Gasteiger charge is -2.16. The third-order valence-electron chi connectivity index (χ3n) is 4.30. The molecule has 1 aromatic heterocycles. The minimum atomic E-state index is -0.617. The quantitative estimate of drug-likeness (QED) is 0.712. The number of anilines is 1. The number of amides is 1. The molecule has 27 heavy (non-hydrogen) atoms. The molecule has 0 bridgehead atoms. The van der Waals surface area contributed by atoms with Gasteiger partial charge in [0.15, 0.2) is 6.10 Å². The Morgan fingerprint density at radius 2 is 1.70 bits per heavy atom. The molecule has 1 N–H and O–H groups in total. The molecule has 0 spiro atoms. The van der Waals surface area contributed by atoms with Crippen molar-refractivity contribution in [2.24, 2.45) is 0 Å². The summed E-state index contributed by atoms with van der Waals surface area (Å²) in [6, 6.07) is 16.0. The molecule has 0 aliphatic rings. The molecule has 1 heterocycles. The SMILES string of the molecule is Cc1ccc(Cn2nccc2NC(=O)[C@H](C)Oc2cc(C)cc(C)c2)cc1. The van der Waals surface area contributed by atoms with Crippen molar-refractivity contribution in [1.29, 1.82) is 0 Å². The van der Waals surface area contributed by atoms with Gasteiger partial charge >= 0.3 is 0 Å².